The zero-order chi connectivity index (χ0) is 15.8. The molecule has 1 amide bonds. The summed E-state index contributed by atoms with van der Waals surface area (Å²) in [5.41, 5.74) is 3.97. The van der Waals surface area contributed by atoms with Crippen LogP contribution in [0.1, 0.15) is 40.4 Å². The van der Waals surface area contributed by atoms with E-state index < -0.39 is 0 Å². The molecule has 1 aliphatic rings. The van der Waals surface area contributed by atoms with Gasteiger partial charge in [-0.2, -0.15) is 0 Å². The zero-order valence-corrected chi connectivity index (χ0v) is 13.0. The molecule has 5 nitrogen and oxygen atoms in total. The molecular weight excluding hydrogens is 288 g/mol. The summed E-state index contributed by atoms with van der Waals surface area (Å²) < 4.78 is 1.80. The number of rotatable bonds is 2. The number of nitrogens with zero attached hydrogens (tertiary/aromatic N) is 4. The second-order valence-corrected chi connectivity index (χ2v) is 6.03. The van der Waals surface area contributed by atoms with Gasteiger partial charge >= 0.3 is 0 Å². The van der Waals surface area contributed by atoms with Gasteiger partial charge in [0, 0.05) is 18.8 Å². The van der Waals surface area contributed by atoms with Crippen LogP contribution in [0.2, 0.25) is 0 Å². The van der Waals surface area contributed by atoms with E-state index in [9.17, 15) is 4.79 Å². The second kappa shape index (κ2) is 5.50. The molecule has 0 unspecified atom stereocenters. The molecule has 2 heterocycles. The fourth-order valence-corrected chi connectivity index (χ4v) is 3.43. The Morgan fingerprint density at radius 3 is 3.09 bits per heavy atom. The Morgan fingerprint density at radius 2 is 2.17 bits per heavy atom. The van der Waals surface area contributed by atoms with Gasteiger partial charge in [0.2, 0.25) is 0 Å². The maximum atomic E-state index is 12.9. The minimum atomic E-state index is 0.0252. The Balaban J connectivity index is 1.66. The number of benzene rings is 1. The number of fused-ring (bicyclic) bond motifs is 2. The highest BCUT2D eigenvalue weighted by Crippen LogP contribution is 2.34. The van der Waals surface area contributed by atoms with Gasteiger partial charge in [-0.3, -0.25) is 9.20 Å². The lowest BCUT2D eigenvalue weighted by Gasteiger charge is -2.33. The highest BCUT2D eigenvalue weighted by atomic mass is 16.2. The molecule has 0 saturated heterocycles. The third kappa shape index (κ3) is 2.38. The summed E-state index contributed by atoms with van der Waals surface area (Å²) in [6, 6.07) is 12.2. The highest BCUT2D eigenvalue weighted by molar-refractivity contribution is 5.95. The van der Waals surface area contributed by atoms with Crippen LogP contribution in [0.15, 0.2) is 48.9 Å². The third-order valence-electron chi connectivity index (χ3n) is 4.67. The standard InChI is InChI=1S/C18H18N4O/c1-21(16-8-4-6-13-5-2-3-7-15(13)16)18(23)14-9-10-22-12-19-20-17(22)11-14/h2-3,5,7,9-12,16H,4,6,8H2,1H3/t16-/m1/s1. The van der Waals surface area contributed by atoms with Crippen LogP contribution in [0, 0.1) is 0 Å². The van der Waals surface area contributed by atoms with Crippen molar-refractivity contribution >= 4 is 11.6 Å². The van der Waals surface area contributed by atoms with Crippen LogP contribution >= 0.6 is 0 Å². The first-order chi connectivity index (χ1) is 11.2. The van der Waals surface area contributed by atoms with E-state index in [1.165, 1.54) is 11.1 Å². The molecule has 0 aliphatic heterocycles. The Labute approximate surface area is 134 Å². The zero-order valence-electron chi connectivity index (χ0n) is 13.0. The summed E-state index contributed by atoms with van der Waals surface area (Å²) in [6.07, 6.45) is 6.67. The van der Waals surface area contributed by atoms with E-state index in [-0.39, 0.29) is 11.9 Å². The van der Waals surface area contributed by atoms with Gasteiger partial charge in [0.15, 0.2) is 5.65 Å². The topological polar surface area (TPSA) is 50.5 Å². The average molecular weight is 306 g/mol. The fraction of sp³-hybridized carbons (Fsp3) is 0.278. The van der Waals surface area contributed by atoms with E-state index in [1.807, 2.05) is 24.2 Å². The number of aromatic nitrogens is 3. The van der Waals surface area contributed by atoms with Crippen molar-refractivity contribution in [2.45, 2.75) is 25.3 Å². The van der Waals surface area contributed by atoms with Crippen LogP contribution < -0.4 is 0 Å². The first-order valence-electron chi connectivity index (χ1n) is 7.88. The number of pyridine rings is 1. The van der Waals surface area contributed by atoms with Crippen LogP contribution in [-0.4, -0.2) is 32.5 Å². The van der Waals surface area contributed by atoms with E-state index in [2.05, 4.69) is 34.5 Å². The first-order valence-corrected chi connectivity index (χ1v) is 7.88. The first kappa shape index (κ1) is 13.9. The number of carbonyl (C=O) groups excluding carboxylic acids is 1. The van der Waals surface area contributed by atoms with Crippen LogP contribution in [0.3, 0.4) is 0 Å². The molecule has 23 heavy (non-hydrogen) atoms. The molecule has 1 aliphatic carbocycles. The van der Waals surface area contributed by atoms with Crippen molar-refractivity contribution < 1.29 is 4.79 Å². The molecule has 3 aromatic rings. The molecule has 0 N–H and O–H groups in total. The second-order valence-electron chi connectivity index (χ2n) is 6.03. The Hall–Kier alpha value is -2.69. The minimum Gasteiger partial charge on any atom is -0.335 e. The summed E-state index contributed by atoms with van der Waals surface area (Å²) in [7, 11) is 1.89. The summed E-state index contributed by atoms with van der Waals surface area (Å²) in [5.74, 6) is 0.0252. The molecular formula is C18H18N4O. The van der Waals surface area contributed by atoms with Gasteiger partial charge in [-0.25, -0.2) is 0 Å². The van der Waals surface area contributed by atoms with Crippen LogP contribution in [0.5, 0.6) is 0 Å². The number of hydrogen-bond donors (Lipinski definition) is 0. The van der Waals surface area contributed by atoms with Gasteiger partial charge in [0.1, 0.15) is 6.33 Å². The molecule has 1 aromatic carbocycles. The lowest BCUT2D eigenvalue weighted by Crippen LogP contribution is -2.33. The van der Waals surface area contributed by atoms with E-state index >= 15 is 0 Å². The SMILES string of the molecule is CN(C(=O)c1ccn2cnnc2c1)[C@@H]1CCCc2ccccc21. The van der Waals surface area contributed by atoms with Crippen molar-refractivity contribution in [2.75, 3.05) is 7.05 Å². The molecule has 2 aromatic heterocycles. The number of aryl methyl sites for hydroxylation is 1. The van der Waals surface area contributed by atoms with Crippen molar-refractivity contribution in [3.05, 3.63) is 65.6 Å². The highest BCUT2D eigenvalue weighted by Gasteiger charge is 2.27. The maximum absolute atomic E-state index is 12.9. The molecule has 0 spiro atoms. The van der Waals surface area contributed by atoms with E-state index in [0.29, 0.717) is 11.2 Å². The average Bonchev–Trinajstić information content (AvgIpc) is 3.07. The van der Waals surface area contributed by atoms with E-state index in [4.69, 9.17) is 0 Å². The lowest BCUT2D eigenvalue weighted by molar-refractivity contribution is 0.0715. The molecule has 1 atom stereocenters. The van der Waals surface area contributed by atoms with Crippen LogP contribution in [-0.2, 0) is 6.42 Å². The predicted octanol–water partition coefficient (Wildman–Crippen LogP) is 2.88. The smallest absolute Gasteiger partial charge is 0.254 e. The van der Waals surface area contributed by atoms with E-state index in [0.717, 1.165) is 19.3 Å². The summed E-state index contributed by atoms with van der Waals surface area (Å²) in [4.78, 5) is 14.7. The number of amides is 1. The van der Waals surface area contributed by atoms with E-state index in [1.54, 1.807) is 16.8 Å². The molecule has 0 saturated carbocycles. The molecule has 0 bridgehead atoms. The third-order valence-corrected chi connectivity index (χ3v) is 4.67. The molecule has 4 rings (SSSR count). The maximum Gasteiger partial charge on any atom is 0.254 e. The molecule has 5 heteroatoms. The summed E-state index contributed by atoms with van der Waals surface area (Å²) in [6.45, 7) is 0. The quantitative estimate of drug-likeness (QED) is 0.731. The van der Waals surface area contributed by atoms with Gasteiger partial charge in [-0.1, -0.05) is 24.3 Å². The summed E-state index contributed by atoms with van der Waals surface area (Å²) >= 11 is 0. The van der Waals surface area contributed by atoms with Crippen LogP contribution in [0.25, 0.3) is 5.65 Å². The molecule has 0 radical (unpaired) electrons. The molecule has 116 valence electrons. The van der Waals surface area contributed by atoms with Gasteiger partial charge in [0.05, 0.1) is 6.04 Å². The molecule has 0 fully saturated rings. The van der Waals surface area contributed by atoms with Crippen molar-refractivity contribution in [1.82, 2.24) is 19.5 Å². The summed E-state index contributed by atoms with van der Waals surface area (Å²) in [5, 5.41) is 7.87. The predicted molar refractivity (Wildman–Crippen MR) is 87.2 cm³/mol. The van der Waals surface area contributed by atoms with Gasteiger partial charge in [-0.15, -0.1) is 10.2 Å². The van der Waals surface area contributed by atoms with Gasteiger partial charge in [0.25, 0.3) is 5.91 Å². The van der Waals surface area contributed by atoms with Crippen molar-refractivity contribution in [2.24, 2.45) is 0 Å². The normalized spacial score (nSPS) is 17.0. The fourth-order valence-electron chi connectivity index (χ4n) is 3.43. The van der Waals surface area contributed by atoms with Crippen molar-refractivity contribution in [3.8, 4) is 0 Å². The number of carbonyl (C=O) groups is 1. The number of hydrogen-bond acceptors (Lipinski definition) is 3. The Bertz CT molecular complexity index is 870. The Morgan fingerprint density at radius 1 is 1.30 bits per heavy atom. The monoisotopic (exact) mass is 306 g/mol. The van der Waals surface area contributed by atoms with Crippen molar-refractivity contribution in [3.63, 3.8) is 0 Å². The van der Waals surface area contributed by atoms with Gasteiger partial charge in [-0.05, 0) is 42.5 Å². The Kier molecular flexibility index (Phi) is 3.33. The lowest BCUT2D eigenvalue weighted by atomic mass is 9.87. The minimum absolute atomic E-state index is 0.0252. The largest absolute Gasteiger partial charge is 0.335 e. The van der Waals surface area contributed by atoms with Crippen molar-refractivity contribution in [1.29, 1.82) is 0 Å². The van der Waals surface area contributed by atoms with Crippen LogP contribution in [0.4, 0.5) is 0 Å². The van der Waals surface area contributed by atoms with Gasteiger partial charge < -0.3 is 4.90 Å².